The fourth-order valence-corrected chi connectivity index (χ4v) is 3.06. The number of nitrogens with one attached hydrogen (secondary N) is 1. The zero-order valence-corrected chi connectivity index (χ0v) is 15.3. The third kappa shape index (κ3) is 3.79. The number of aromatic nitrogens is 3. The monoisotopic (exact) mass is 376 g/mol. The highest BCUT2D eigenvalue weighted by Gasteiger charge is 2.33. The number of anilines is 1. The predicted octanol–water partition coefficient (Wildman–Crippen LogP) is 4.84. The molecule has 142 valence electrons. The Balaban J connectivity index is 2.03. The molecule has 0 fully saturated rings. The Hall–Kier alpha value is -2.90. The van der Waals surface area contributed by atoms with Gasteiger partial charge in [-0.3, -0.25) is 0 Å². The normalized spacial score (nSPS) is 12.9. The number of hydrogen-bond donors (Lipinski definition) is 1. The van der Waals surface area contributed by atoms with Gasteiger partial charge >= 0.3 is 6.18 Å². The molecule has 8 heteroatoms. The summed E-state index contributed by atoms with van der Waals surface area (Å²) < 4.78 is 44.8. The second-order valence-corrected chi connectivity index (χ2v) is 6.25. The largest absolute Gasteiger partial charge is 0.481 e. The first-order chi connectivity index (χ1) is 12.7. The van der Waals surface area contributed by atoms with Gasteiger partial charge < -0.3 is 10.1 Å². The van der Waals surface area contributed by atoms with Crippen molar-refractivity contribution in [3.63, 3.8) is 0 Å². The van der Waals surface area contributed by atoms with Crippen LogP contribution in [-0.4, -0.2) is 22.1 Å². The third-order valence-corrected chi connectivity index (χ3v) is 4.38. The van der Waals surface area contributed by atoms with Crippen molar-refractivity contribution in [2.75, 3.05) is 12.4 Å². The van der Waals surface area contributed by atoms with Crippen LogP contribution < -0.4 is 10.1 Å². The lowest BCUT2D eigenvalue weighted by atomic mass is 9.97. The second-order valence-electron chi connectivity index (χ2n) is 6.25. The van der Waals surface area contributed by atoms with Crippen LogP contribution in [0.4, 0.5) is 19.0 Å². The van der Waals surface area contributed by atoms with Crippen molar-refractivity contribution in [1.29, 1.82) is 0 Å². The SMILES string of the molecule is COc1cc2c(N[C@H](C)c3cccc(C(F)(F)F)c3C)nc(C)nc2cn1. The van der Waals surface area contributed by atoms with E-state index in [-0.39, 0.29) is 5.56 Å². The Morgan fingerprint density at radius 1 is 1.15 bits per heavy atom. The Labute approximate surface area is 154 Å². The molecule has 0 amide bonds. The van der Waals surface area contributed by atoms with Gasteiger partial charge in [0.2, 0.25) is 5.88 Å². The number of methoxy groups -OCH3 is 1. The van der Waals surface area contributed by atoms with E-state index < -0.39 is 17.8 Å². The molecule has 27 heavy (non-hydrogen) atoms. The van der Waals surface area contributed by atoms with E-state index in [0.717, 1.165) is 6.07 Å². The number of ether oxygens (including phenoxy) is 1. The van der Waals surface area contributed by atoms with Crippen LogP contribution in [0.25, 0.3) is 10.9 Å². The topological polar surface area (TPSA) is 59.9 Å². The lowest BCUT2D eigenvalue weighted by Gasteiger charge is -2.21. The van der Waals surface area contributed by atoms with Gasteiger partial charge in [0, 0.05) is 11.5 Å². The summed E-state index contributed by atoms with van der Waals surface area (Å²) in [6, 6.07) is 5.49. The zero-order valence-electron chi connectivity index (χ0n) is 15.3. The Morgan fingerprint density at radius 3 is 2.56 bits per heavy atom. The van der Waals surface area contributed by atoms with Crippen molar-refractivity contribution in [3.05, 3.63) is 53.0 Å². The van der Waals surface area contributed by atoms with E-state index in [1.807, 2.05) is 0 Å². The fraction of sp³-hybridized carbons (Fsp3) is 0.316. The Kier molecular flexibility index (Phi) is 4.91. The number of benzene rings is 1. The third-order valence-electron chi connectivity index (χ3n) is 4.38. The highest BCUT2D eigenvalue weighted by Crippen LogP contribution is 2.35. The Bertz CT molecular complexity index is 989. The minimum atomic E-state index is -4.39. The van der Waals surface area contributed by atoms with Gasteiger partial charge in [-0.05, 0) is 38.0 Å². The van der Waals surface area contributed by atoms with Gasteiger partial charge in [0.25, 0.3) is 0 Å². The van der Waals surface area contributed by atoms with Crippen LogP contribution in [0.15, 0.2) is 30.5 Å². The van der Waals surface area contributed by atoms with Gasteiger partial charge in [0.05, 0.1) is 30.4 Å². The summed E-state index contributed by atoms with van der Waals surface area (Å²) in [5, 5.41) is 3.90. The lowest BCUT2D eigenvalue weighted by molar-refractivity contribution is -0.138. The summed E-state index contributed by atoms with van der Waals surface area (Å²) in [7, 11) is 1.50. The quantitative estimate of drug-likeness (QED) is 0.706. The highest BCUT2D eigenvalue weighted by atomic mass is 19.4. The zero-order chi connectivity index (χ0) is 19.8. The molecule has 1 atom stereocenters. The number of rotatable bonds is 4. The average molecular weight is 376 g/mol. The molecule has 0 saturated carbocycles. The maximum Gasteiger partial charge on any atom is 0.416 e. The van der Waals surface area contributed by atoms with E-state index in [1.165, 1.54) is 20.1 Å². The molecule has 0 spiro atoms. The van der Waals surface area contributed by atoms with Gasteiger partial charge in [-0.25, -0.2) is 15.0 Å². The molecule has 2 aromatic heterocycles. The van der Waals surface area contributed by atoms with E-state index in [1.54, 1.807) is 32.2 Å². The molecular formula is C19H19F3N4O. The molecule has 0 saturated heterocycles. The predicted molar refractivity (Wildman–Crippen MR) is 96.8 cm³/mol. The van der Waals surface area contributed by atoms with Crippen LogP contribution in [0.3, 0.4) is 0 Å². The smallest absolute Gasteiger partial charge is 0.416 e. The van der Waals surface area contributed by atoms with Crippen LogP contribution in [0, 0.1) is 13.8 Å². The van der Waals surface area contributed by atoms with E-state index >= 15 is 0 Å². The fourth-order valence-electron chi connectivity index (χ4n) is 3.06. The van der Waals surface area contributed by atoms with E-state index in [4.69, 9.17) is 4.74 Å². The minimum absolute atomic E-state index is 0.194. The van der Waals surface area contributed by atoms with Crippen molar-refractivity contribution in [3.8, 4) is 5.88 Å². The first-order valence-electron chi connectivity index (χ1n) is 8.32. The van der Waals surface area contributed by atoms with Gasteiger partial charge in [0.1, 0.15) is 11.6 Å². The standard InChI is InChI=1S/C19H19F3N4O/c1-10-13(6-5-7-15(10)19(20,21)22)11(2)24-18-14-8-17(27-4)23-9-16(14)25-12(3)26-18/h5-9,11H,1-4H3,(H,24,25,26)/t11-/m1/s1. The summed E-state index contributed by atoms with van der Waals surface area (Å²) >= 11 is 0. The summed E-state index contributed by atoms with van der Waals surface area (Å²) in [4.78, 5) is 12.9. The van der Waals surface area contributed by atoms with Crippen molar-refractivity contribution < 1.29 is 17.9 Å². The summed E-state index contributed by atoms with van der Waals surface area (Å²) in [5.41, 5.74) is 0.733. The summed E-state index contributed by atoms with van der Waals surface area (Å²) in [6.07, 6.45) is -2.81. The number of fused-ring (bicyclic) bond motifs is 1. The van der Waals surface area contributed by atoms with Crippen LogP contribution in [-0.2, 0) is 6.18 Å². The van der Waals surface area contributed by atoms with Crippen LogP contribution in [0.5, 0.6) is 5.88 Å². The van der Waals surface area contributed by atoms with E-state index in [2.05, 4.69) is 20.3 Å². The lowest BCUT2D eigenvalue weighted by Crippen LogP contribution is -2.14. The molecule has 0 aliphatic heterocycles. The van der Waals surface area contributed by atoms with Gasteiger partial charge in [-0.2, -0.15) is 13.2 Å². The van der Waals surface area contributed by atoms with Crippen molar-refractivity contribution in [2.24, 2.45) is 0 Å². The molecule has 0 radical (unpaired) electrons. The number of hydrogen-bond acceptors (Lipinski definition) is 5. The van der Waals surface area contributed by atoms with Crippen molar-refractivity contribution >= 4 is 16.7 Å². The molecule has 3 aromatic rings. The molecule has 1 aromatic carbocycles. The number of halogens is 3. The number of alkyl halides is 3. The van der Waals surface area contributed by atoms with Crippen LogP contribution in [0.1, 0.15) is 35.5 Å². The van der Waals surface area contributed by atoms with Crippen LogP contribution >= 0.6 is 0 Å². The van der Waals surface area contributed by atoms with E-state index in [9.17, 15) is 13.2 Å². The molecule has 3 rings (SSSR count). The van der Waals surface area contributed by atoms with Crippen molar-refractivity contribution in [1.82, 2.24) is 15.0 Å². The number of aryl methyl sites for hydroxylation is 1. The second kappa shape index (κ2) is 7.02. The summed E-state index contributed by atoms with van der Waals surface area (Å²) in [6.45, 7) is 5.02. The average Bonchev–Trinajstić information content (AvgIpc) is 2.60. The molecule has 0 aliphatic carbocycles. The number of nitrogens with zero attached hydrogens (tertiary/aromatic N) is 3. The first-order valence-corrected chi connectivity index (χ1v) is 8.32. The van der Waals surface area contributed by atoms with Gasteiger partial charge in [0.15, 0.2) is 0 Å². The summed E-state index contributed by atoms with van der Waals surface area (Å²) in [5.74, 6) is 1.45. The Morgan fingerprint density at radius 2 is 1.89 bits per heavy atom. The highest BCUT2D eigenvalue weighted by molar-refractivity contribution is 5.89. The molecule has 0 bridgehead atoms. The number of pyridine rings is 1. The molecular weight excluding hydrogens is 357 g/mol. The molecule has 1 N–H and O–H groups in total. The van der Waals surface area contributed by atoms with E-state index in [0.29, 0.717) is 34.0 Å². The molecule has 0 unspecified atom stereocenters. The van der Waals surface area contributed by atoms with Crippen molar-refractivity contribution in [2.45, 2.75) is 33.0 Å². The first kappa shape index (κ1) is 18.9. The van der Waals surface area contributed by atoms with Gasteiger partial charge in [-0.1, -0.05) is 12.1 Å². The minimum Gasteiger partial charge on any atom is -0.481 e. The maximum absolute atomic E-state index is 13.2. The molecule has 0 aliphatic rings. The molecule has 2 heterocycles. The van der Waals surface area contributed by atoms with Gasteiger partial charge in [-0.15, -0.1) is 0 Å². The van der Waals surface area contributed by atoms with Crippen LogP contribution in [0.2, 0.25) is 0 Å². The molecule has 5 nitrogen and oxygen atoms in total. The maximum atomic E-state index is 13.2.